The predicted molar refractivity (Wildman–Crippen MR) is 224 cm³/mol. The lowest BCUT2D eigenvalue weighted by Gasteiger charge is -2.71. The number of alkyl halides is 3. The van der Waals surface area contributed by atoms with Gasteiger partial charge in [-0.25, -0.2) is 9.18 Å². The zero-order valence-electron chi connectivity index (χ0n) is 35.9. The van der Waals surface area contributed by atoms with E-state index in [0.29, 0.717) is 62.0 Å². The highest BCUT2D eigenvalue weighted by Crippen LogP contribution is 2.78. The van der Waals surface area contributed by atoms with Crippen LogP contribution in [-0.2, 0) is 22.5 Å². The summed E-state index contributed by atoms with van der Waals surface area (Å²) < 4.78 is 64.9. The number of rotatable bonds is 10. The van der Waals surface area contributed by atoms with Gasteiger partial charge in [0.15, 0.2) is 5.78 Å². The number of ether oxygens (including phenoxy) is 2. The number of hydrogen-bond acceptors (Lipinski definition) is 6. The lowest BCUT2D eigenvalue weighted by Crippen LogP contribution is -2.67. The molecular weight excluding hydrogens is 810 g/mol. The van der Waals surface area contributed by atoms with Gasteiger partial charge in [0.2, 0.25) is 0 Å². The summed E-state index contributed by atoms with van der Waals surface area (Å²) in [7, 11) is 0. The number of carbonyl (C=O) groups excluding carboxylic acids is 2. The van der Waals surface area contributed by atoms with Crippen molar-refractivity contribution in [3.8, 4) is 5.75 Å². The van der Waals surface area contributed by atoms with E-state index in [0.717, 1.165) is 19.3 Å². The van der Waals surface area contributed by atoms with Gasteiger partial charge < -0.3 is 24.6 Å². The Morgan fingerprint density at radius 1 is 0.951 bits per heavy atom. The van der Waals surface area contributed by atoms with E-state index >= 15 is 4.39 Å². The van der Waals surface area contributed by atoms with E-state index in [4.69, 9.17) is 16.3 Å². The molecule has 2 bridgehead atoms. The van der Waals surface area contributed by atoms with Gasteiger partial charge in [-0.2, -0.15) is 0 Å². The molecule has 4 saturated carbocycles. The number of halogens is 5. The first-order chi connectivity index (χ1) is 28.6. The summed E-state index contributed by atoms with van der Waals surface area (Å²) in [5, 5.41) is 24.5. The summed E-state index contributed by atoms with van der Waals surface area (Å²) in [6.45, 7) is 10.7. The number of ketones is 1. The number of fused-ring (bicyclic) bond motifs is 1. The maximum atomic E-state index is 15.3. The Bertz CT molecular complexity index is 2070. The molecule has 12 heteroatoms. The predicted octanol–water partition coefficient (Wildman–Crippen LogP) is 11.2. The highest BCUT2D eigenvalue weighted by atomic mass is 35.5. The summed E-state index contributed by atoms with van der Waals surface area (Å²) >= 11 is 6.50. The van der Waals surface area contributed by atoms with Crippen LogP contribution in [0.15, 0.2) is 66.3 Å². The van der Waals surface area contributed by atoms with Gasteiger partial charge >= 0.3 is 12.5 Å². The van der Waals surface area contributed by atoms with Gasteiger partial charge in [0.05, 0.1) is 18.2 Å². The molecule has 0 aromatic heterocycles. The standard InChI is InChI=1S/C49H60ClF4NO6/c1-29(2)34-14-9-30(3)23-40(34)60-43(58)55(27-31-10-12-33(13-11-31)61-49(52,53)54)28-47(59)20-17-42-45(47,5)19-16-41-44(4)18-15-32(56)25-46(44)21-22-48(41,42)36(26-46)39(57)24-35-37(50)7-6-8-38(35)51/h6-8,10-13,21-22,26,29-30,32,34,40-42,56,59H,9,14-20,23-25,27-28H2,1-5H3. The molecule has 11 atom stereocenters. The molecule has 332 valence electrons. The largest absolute Gasteiger partial charge is 0.573 e. The van der Waals surface area contributed by atoms with Crippen molar-refractivity contribution in [2.24, 2.45) is 51.2 Å². The highest BCUT2D eigenvalue weighted by molar-refractivity contribution is 6.31. The van der Waals surface area contributed by atoms with Crippen LogP contribution >= 0.6 is 11.6 Å². The Kier molecular flexibility index (Phi) is 11.4. The van der Waals surface area contributed by atoms with Gasteiger partial charge in [0.1, 0.15) is 17.7 Å². The molecule has 9 rings (SSSR count). The normalized spacial score (nSPS) is 37.7. The third kappa shape index (κ3) is 7.44. The van der Waals surface area contributed by atoms with Crippen molar-refractivity contribution in [2.75, 3.05) is 6.54 Å². The van der Waals surface area contributed by atoms with Crippen molar-refractivity contribution >= 4 is 23.5 Å². The molecule has 0 saturated heterocycles. The molecule has 2 spiro atoms. The molecule has 7 aliphatic carbocycles. The summed E-state index contributed by atoms with van der Waals surface area (Å²) in [5.74, 6) is -0.604. The van der Waals surface area contributed by atoms with Gasteiger partial charge in [-0.1, -0.05) is 89.1 Å². The minimum atomic E-state index is -4.86. The first-order valence-corrected chi connectivity index (χ1v) is 22.6. The van der Waals surface area contributed by atoms with E-state index in [-0.39, 0.29) is 76.8 Å². The van der Waals surface area contributed by atoms with E-state index in [1.54, 1.807) is 6.07 Å². The lowest BCUT2D eigenvalue weighted by molar-refractivity contribution is -0.274. The molecule has 2 aromatic carbocycles. The van der Waals surface area contributed by atoms with Crippen LogP contribution in [0.5, 0.6) is 5.75 Å². The van der Waals surface area contributed by atoms with Crippen LogP contribution in [0.25, 0.3) is 0 Å². The van der Waals surface area contributed by atoms with E-state index < -0.39 is 46.2 Å². The molecule has 61 heavy (non-hydrogen) atoms. The fourth-order valence-electron chi connectivity index (χ4n) is 13.6. The van der Waals surface area contributed by atoms with Crippen LogP contribution in [0, 0.1) is 57.1 Å². The van der Waals surface area contributed by atoms with Crippen LogP contribution in [0.3, 0.4) is 0 Å². The number of hydrogen-bond donors (Lipinski definition) is 2. The smallest absolute Gasteiger partial charge is 0.446 e. The van der Waals surface area contributed by atoms with Gasteiger partial charge in [-0.3, -0.25) is 4.79 Å². The molecule has 7 nitrogen and oxygen atoms in total. The number of benzene rings is 2. The second-order valence-electron chi connectivity index (χ2n) is 20.4. The number of allylic oxidation sites excluding steroid dienone is 4. The van der Waals surface area contributed by atoms with Crippen molar-refractivity contribution in [1.29, 1.82) is 0 Å². The zero-order chi connectivity index (χ0) is 43.9. The van der Waals surface area contributed by atoms with Crippen LogP contribution < -0.4 is 4.74 Å². The fourth-order valence-corrected chi connectivity index (χ4v) is 13.8. The van der Waals surface area contributed by atoms with Crippen molar-refractivity contribution < 1.29 is 46.8 Å². The maximum absolute atomic E-state index is 15.3. The summed E-state index contributed by atoms with van der Waals surface area (Å²) in [6, 6.07) is 9.81. The molecule has 1 amide bonds. The highest BCUT2D eigenvalue weighted by Gasteiger charge is 2.74. The minimum absolute atomic E-state index is 0.00211. The van der Waals surface area contributed by atoms with Crippen LogP contribution in [0.4, 0.5) is 22.4 Å². The van der Waals surface area contributed by atoms with Crippen LogP contribution in [0.1, 0.15) is 110 Å². The van der Waals surface area contributed by atoms with Crippen LogP contribution in [0.2, 0.25) is 5.02 Å². The third-order valence-corrected chi connectivity index (χ3v) is 17.2. The van der Waals surface area contributed by atoms with Crippen molar-refractivity contribution in [3.05, 3.63) is 88.2 Å². The average Bonchev–Trinajstić information content (AvgIpc) is 3.45. The van der Waals surface area contributed by atoms with Gasteiger partial charge in [-0.15, -0.1) is 13.2 Å². The average molecular weight is 870 g/mol. The minimum Gasteiger partial charge on any atom is -0.446 e. The Morgan fingerprint density at radius 3 is 2.33 bits per heavy atom. The zero-order valence-corrected chi connectivity index (χ0v) is 36.6. The first kappa shape index (κ1) is 44.2. The molecule has 0 radical (unpaired) electrons. The van der Waals surface area contributed by atoms with Gasteiger partial charge in [-0.05, 0) is 123 Å². The topological polar surface area (TPSA) is 96.3 Å². The molecular formula is C49H60ClF4NO6. The summed E-state index contributed by atoms with van der Waals surface area (Å²) in [6.07, 6.45) is 6.68. The molecule has 4 fully saturated rings. The van der Waals surface area contributed by atoms with Gasteiger partial charge in [0.25, 0.3) is 0 Å². The SMILES string of the molecule is CC1CCC(C(C)C)C(OC(=O)N(Cc2ccc(OC(F)(F)F)cc2)CC2(O)CCC3C45C=CC6(C=C4C(=O)Cc4c(F)cccc4Cl)CC(O)CCC6(C)C5CCC32C)C1. The Hall–Kier alpha value is -3.41. The number of carbonyl (C=O) groups is 2. The second kappa shape index (κ2) is 15.7. The van der Waals surface area contributed by atoms with Crippen LogP contribution in [-0.4, -0.2) is 57.7 Å². The molecule has 0 heterocycles. The number of amides is 1. The van der Waals surface area contributed by atoms with Crippen molar-refractivity contribution in [1.82, 2.24) is 4.90 Å². The fraction of sp³-hybridized carbons (Fsp3) is 0.633. The van der Waals surface area contributed by atoms with E-state index in [9.17, 15) is 33.0 Å². The summed E-state index contributed by atoms with van der Waals surface area (Å²) in [5.41, 5.74) is -2.66. The third-order valence-electron chi connectivity index (χ3n) is 16.9. The molecule has 0 aliphatic heterocycles. The molecule has 11 unspecified atom stereocenters. The van der Waals surface area contributed by atoms with E-state index in [1.807, 2.05) is 0 Å². The summed E-state index contributed by atoms with van der Waals surface area (Å²) in [4.78, 5) is 31.0. The number of Topliss-reactive ketones (excluding diaryl/α,β-unsaturated/α-hetero) is 1. The Balaban J connectivity index is 1.15. The van der Waals surface area contributed by atoms with E-state index in [2.05, 4.69) is 57.6 Å². The molecule has 2 N–H and O–H groups in total. The second-order valence-corrected chi connectivity index (χ2v) is 20.8. The Labute approximate surface area is 361 Å². The van der Waals surface area contributed by atoms with Gasteiger partial charge in [0, 0.05) is 45.4 Å². The van der Waals surface area contributed by atoms with Crippen molar-refractivity contribution in [2.45, 2.75) is 136 Å². The Morgan fingerprint density at radius 2 is 1.64 bits per heavy atom. The maximum Gasteiger partial charge on any atom is 0.573 e. The number of aliphatic hydroxyl groups excluding tert-OH is 1. The van der Waals surface area contributed by atoms with Crippen molar-refractivity contribution in [3.63, 3.8) is 0 Å². The molecule has 7 aliphatic rings. The number of aliphatic hydroxyl groups is 2. The first-order valence-electron chi connectivity index (χ1n) is 22.2. The quantitative estimate of drug-likeness (QED) is 0.182. The monoisotopic (exact) mass is 869 g/mol. The lowest BCUT2D eigenvalue weighted by atomic mass is 9.32. The van der Waals surface area contributed by atoms with E-state index in [1.165, 1.54) is 41.3 Å². The molecule has 2 aromatic rings. The number of nitrogens with zero attached hydrogens (tertiary/aromatic N) is 1.